The summed E-state index contributed by atoms with van der Waals surface area (Å²) in [5.74, 6) is -0.428. The Morgan fingerprint density at radius 1 is 1.38 bits per heavy atom. The van der Waals surface area contributed by atoms with Gasteiger partial charge in [0.2, 0.25) is 5.91 Å². The molecule has 3 atom stereocenters. The number of hydrogen-bond donors (Lipinski definition) is 2. The number of nitrogens with two attached hydrogens (primary N) is 1. The summed E-state index contributed by atoms with van der Waals surface area (Å²) < 4.78 is 44.5. The van der Waals surface area contributed by atoms with E-state index < -0.39 is 17.8 Å². The number of benzene rings is 1. The summed E-state index contributed by atoms with van der Waals surface area (Å²) in [5.41, 5.74) is 4.98. The zero-order valence-electron chi connectivity index (χ0n) is 13.6. The van der Waals surface area contributed by atoms with Crippen molar-refractivity contribution in [2.75, 3.05) is 6.54 Å². The lowest BCUT2D eigenvalue weighted by molar-refractivity contribution is -0.139. The van der Waals surface area contributed by atoms with E-state index in [1.165, 1.54) is 18.2 Å². The van der Waals surface area contributed by atoms with Gasteiger partial charge in [0.1, 0.15) is 11.9 Å². The summed E-state index contributed by atoms with van der Waals surface area (Å²) >= 11 is 0. The van der Waals surface area contributed by atoms with Crippen molar-refractivity contribution in [3.63, 3.8) is 0 Å². The third-order valence-corrected chi connectivity index (χ3v) is 4.29. The van der Waals surface area contributed by atoms with Gasteiger partial charge in [-0.3, -0.25) is 4.79 Å². The van der Waals surface area contributed by atoms with Crippen molar-refractivity contribution in [3.05, 3.63) is 29.8 Å². The van der Waals surface area contributed by atoms with Gasteiger partial charge in [-0.05, 0) is 37.8 Å². The van der Waals surface area contributed by atoms with E-state index >= 15 is 0 Å². The standard InChI is InChI=1S/C17H23F3N2O2/c1-2-13(10-22-16(23)11-7-8-12(21)9-11)24-15-6-4-3-5-14(15)17(18,19)20/h3-6,11-13H,2,7-10,21H2,1H3,(H,22,23). The summed E-state index contributed by atoms with van der Waals surface area (Å²) in [5, 5.41) is 2.77. The summed E-state index contributed by atoms with van der Waals surface area (Å²) in [6, 6.07) is 5.15. The predicted molar refractivity (Wildman–Crippen MR) is 84.5 cm³/mol. The van der Waals surface area contributed by atoms with Crippen LogP contribution in [-0.2, 0) is 11.0 Å². The fourth-order valence-corrected chi connectivity index (χ4v) is 2.87. The molecule has 24 heavy (non-hydrogen) atoms. The van der Waals surface area contributed by atoms with Crippen LogP contribution in [0.25, 0.3) is 0 Å². The molecule has 0 aliphatic heterocycles. The van der Waals surface area contributed by atoms with Crippen molar-refractivity contribution in [2.24, 2.45) is 11.7 Å². The van der Waals surface area contributed by atoms with E-state index in [2.05, 4.69) is 5.32 Å². The van der Waals surface area contributed by atoms with Gasteiger partial charge >= 0.3 is 6.18 Å². The Hall–Kier alpha value is -1.76. The van der Waals surface area contributed by atoms with Crippen LogP contribution < -0.4 is 15.8 Å². The molecule has 1 saturated carbocycles. The van der Waals surface area contributed by atoms with Crippen LogP contribution in [0.3, 0.4) is 0 Å². The molecule has 0 bridgehead atoms. The summed E-state index contributed by atoms with van der Waals surface area (Å²) in [6.45, 7) is 1.98. The molecule has 2 rings (SSSR count). The molecule has 1 aliphatic carbocycles. The largest absolute Gasteiger partial charge is 0.488 e. The molecular weight excluding hydrogens is 321 g/mol. The highest BCUT2D eigenvalue weighted by Gasteiger charge is 2.34. The molecule has 1 aliphatic rings. The maximum atomic E-state index is 13.0. The molecule has 0 radical (unpaired) electrons. The average molecular weight is 344 g/mol. The van der Waals surface area contributed by atoms with Crippen LogP contribution in [0.4, 0.5) is 13.2 Å². The van der Waals surface area contributed by atoms with Crippen molar-refractivity contribution in [1.82, 2.24) is 5.32 Å². The minimum Gasteiger partial charge on any atom is -0.488 e. The number of carbonyl (C=O) groups excluding carboxylic acids is 1. The lowest BCUT2D eigenvalue weighted by Crippen LogP contribution is -2.38. The zero-order chi connectivity index (χ0) is 17.7. The molecule has 4 nitrogen and oxygen atoms in total. The van der Waals surface area contributed by atoms with Crippen LogP contribution in [-0.4, -0.2) is 24.6 Å². The first-order valence-corrected chi connectivity index (χ1v) is 8.17. The molecule has 1 fully saturated rings. The Morgan fingerprint density at radius 2 is 2.08 bits per heavy atom. The van der Waals surface area contributed by atoms with Gasteiger partial charge in [-0.25, -0.2) is 0 Å². The Bertz CT molecular complexity index is 563. The number of amides is 1. The van der Waals surface area contributed by atoms with Crippen LogP contribution in [0.5, 0.6) is 5.75 Å². The highest BCUT2D eigenvalue weighted by molar-refractivity contribution is 5.79. The molecule has 134 valence electrons. The number of carbonyl (C=O) groups is 1. The second-order valence-corrected chi connectivity index (χ2v) is 6.16. The van der Waals surface area contributed by atoms with Crippen molar-refractivity contribution in [3.8, 4) is 5.75 Å². The third-order valence-electron chi connectivity index (χ3n) is 4.29. The van der Waals surface area contributed by atoms with E-state index in [0.717, 1.165) is 18.9 Å². The van der Waals surface area contributed by atoms with Gasteiger partial charge in [0.05, 0.1) is 12.1 Å². The van der Waals surface area contributed by atoms with Gasteiger partial charge in [0.15, 0.2) is 0 Å². The number of nitrogens with one attached hydrogen (secondary N) is 1. The fourth-order valence-electron chi connectivity index (χ4n) is 2.87. The van der Waals surface area contributed by atoms with Crippen LogP contribution in [0.2, 0.25) is 0 Å². The molecule has 1 aromatic rings. The Kier molecular flexibility index (Phi) is 6.10. The van der Waals surface area contributed by atoms with E-state index in [9.17, 15) is 18.0 Å². The van der Waals surface area contributed by atoms with E-state index in [4.69, 9.17) is 10.5 Å². The van der Waals surface area contributed by atoms with Crippen LogP contribution in [0.15, 0.2) is 24.3 Å². The number of ether oxygens (including phenoxy) is 1. The highest BCUT2D eigenvalue weighted by atomic mass is 19.4. The summed E-state index contributed by atoms with van der Waals surface area (Å²) in [6.07, 6.45) is -2.28. The van der Waals surface area contributed by atoms with Gasteiger partial charge in [0.25, 0.3) is 0 Å². The molecule has 3 unspecified atom stereocenters. The van der Waals surface area contributed by atoms with Crippen molar-refractivity contribution >= 4 is 5.91 Å². The average Bonchev–Trinajstić information content (AvgIpc) is 2.97. The van der Waals surface area contributed by atoms with Gasteiger partial charge < -0.3 is 15.8 Å². The van der Waals surface area contributed by atoms with E-state index in [-0.39, 0.29) is 30.2 Å². The smallest absolute Gasteiger partial charge is 0.419 e. The van der Waals surface area contributed by atoms with Crippen LogP contribution in [0, 0.1) is 5.92 Å². The molecule has 0 spiro atoms. The molecular formula is C17H23F3N2O2. The Morgan fingerprint density at radius 3 is 2.67 bits per heavy atom. The number of hydrogen-bond acceptors (Lipinski definition) is 3. The second-order valence-electron chi connectivity index (χ2n) is 6.16. The molecule has 7 heteroatoms. The van der Waals surface area contributed by atoms with E-state index in [1.807, 2.05) is 0 Å². The topological polar surface area (TPSA) is 64.4 Å². The predicted octanol–water partition coefficient (Wildman–Crippen LogP) is 3.11. The van der Waals surface area contributed by atoms with E-state index in [1.54, 1.807) is 6.92 Å². The van der Waals surface area contributed by atoms with Gasteiger partial charge in [-0.2, -0.15) is 13.2 Å². The lowest BCUT2D eigenvalue weighted by atomic mass is 10.1. The number of para-hydroxylation sites is 1. The second kappa shape index (κ2) is 7.88. The molecule has 3 N–H and O–H groups in total. The number of rotatable bonds is 6. The third kappa shape index (κ3) is 4.87. The van der Waals surface area contributed by atoms with Gasteiger partial charge in [-0.1, -0.05) is 19.1 Å². The SMILES string of the molecule is CCC(CNC(=O)C1CCC(N)C1)Oc1ccccc1C(F)(F)F. The van der Waals surface area contributed by atoms with Gasteiger partial charge in [-0.15, -0.1) is 0 Å². The first kappa shape index (κ1) is 18.6. The van der Waals surface area contributed by atoms with Crippen molar-refractivity contribution in [1.29, 1.82) is 0 Å². The van der Waals surface area contributed by atoms with Crippen LogP contribution in [0.1, 0.15) is 38.2 Å². The minimum atomic E-state index is -4.47. The van der Waals surface area contributed by atoms with Crippen molar-refractivity contribution in [2.45, 2.75) is 50.9 Å². The van der Waals surface area contributed by atoms with E-state index in [0.29, 0.717) is 12.8 Å². The summed E-state index contributed by atoms with van der Waals surface area (Å²) in [7, 11) is 0. The summed E-state index contributed by atoms with van der Waals surface area (Å²) in [4.78, 5) is 12.1. The normalized spacial score (nSPS) is 22.2. The maximum Gasteiger partial charge on any atom is 0.419 e. The molecule has 0 heterocycles. The highest BCUT2D eigenvalue weighted by Crippen LogP contribution is 2.36. The maximum absolute atomic E-state index is 13.0. The quantitative estimate of drug-likeness (QED) is 0.833. The molecule has 0 aromatic heterocycles. The monoisotopic (exact) mass is 344 g/mol. The number of halogens is 3. The zero-order valence-corrected chi connectivity index (χ0v) is 13.6. The van der Waals surface area contributed by atoms with Crippen LogP contribution >= 0.6 is 0 Å². The molecule has 1 aromatic carbocycles. The first-order valence-electron chi connectivity index (χ1n) is 8.17. The number of alkyl halides is 3. The molecule has 1 amide bonds. The Labute approximate surface area is 139 Å². The lowest BCUT2D eigenvalue weighted by Gasteiger charge is -2.21. The van der Waals surface area contributed by atoms with Gasteiger partial charge in [0, 0.05) is 12.0 Å². The van der Waals surface area contributed by atoms with Crippen molar-refractivity contribution < 1.29 is 22.7 Å². The minimum absolute atomic E-state index is 0.0534. The first-order chi connectivity index (χ1) is 11.3. The molecule has 0 saturated heterocycles. The Balaban J connectivity index is 1.94. The fraction of sp³-hybridized carbons (Fsp3) is 0.588.